The number of nitrogens with zero attached hydrogens (tertiary/aromatic N) is 7. The molecule has 1 aromatic carbocycles. The quantitative estimate of drug-likeness (QED) is 0.297. The zero-order chi connectivity index (χ0) is 39.9. The van der Waals surface area contributed by atoms with E-state index in [2.05, 4.69) is 20.2 Å². The lowest BCUT2D eigenvalue weighted by Gasteiger charge is -2.46. The van der Waals surface area contributed by atoms with Gasteiger partial charge in [-0.2, -0.15) is 0 Å². The molecule has 3 aromatic rings. The highest BCUT2D eigenvalue weighted by atomic mass is 19.1. The summed E-state index contributed by atoms with van der Waals surface area (Å²) in [6.07, 6.45) is 5.29. The number of halogens is 1. The van der Waals surface area contributed by atoms with Gasteiger partial charge in [0.15, 0.2) is 0 Å². The van der Waals surface area contributed by atoms with E-state index in [4.69, 9.17) is 19.2 Å². The number of benzene rings is 1. The van der Waals surface area contributed by atoms with Crippen LogP contribution in [0.15, 0.2) is 30.6 Å². The maximum absolute atomic E-state index is 15.4. The topological polar surface area (TPSA) is 143 Å². The first kappa shape index (κ1) is 39.0. The van der Waals surface area contributed by atoms with Crippen LogP contribution in [-0.4, -0.2) is 99.9 Å². The lowest BCUT2D eigenvalue weighted by Crippen LogP contribution is -2.55. The number of likely N-dealkylation sites (tertiary alicyclic amines) is 2. The summed E-state index contributed by atoms with van der Waals surface area (Å²) in [5.41, 5.74) is 3.83. The third-order valence-electron chi connectivity index (χ3n) is 10.7. The summed E-state index contributed by atoms with van der Waals surface area (Å²) < 4.78 is 32.4. The number of amides is 3. The van der Waals surface area contributed by atoms with Gasteiger partial charge in [-0.1, -0.05) is 6.07 Å². The minimum atomic E-state index is -0.644. The van der Waals surface area contributed by atoms with E-state index in [1.165, 1.54) is 6.07 Å². The molecule has 0 radical (unpaired) electrons. The molecular formula is C41H53FN8O6. The SMILES string of the molecule is Cc1c(N2CCc3cnc(Nc4ccc(CC(=O)N5CCC(C6CN(C(=O)OC(C)(C)C)C6)CC5)c(F)c4)nc3C2)cnc2c1N(C(=O)OC(C)(C)C)CCO2. The summed E-state index contributed by atoms with van der Waals surface area (Å²) in [7, 11) is 0. The minimum Gasteiger partial charge on any atom is -0.474 e. The molecule has 14 nitrogen and oxygen atoms in total. The Bertz CT molecular complexity index is 1980. The lowest BCUT2D eigenvalue weighted by atomic mass is 9.80. The van der Waals surface area contributed by atoms with Gasteiger partial charge in [-0.05, 0) is 103 Å². The number of hydrogen-bond donors (Lipinski definition) is 1. The highest BCUT2D eigenvalue weighted by Gasteiger charge is 2.40. The summed E-state index contributed by atoms with van der Waals surface area (Å²) in [6.45, 7) is 17.6. The molecule has 2 saturated heterocycles. The third-order valence-corrected chi connectivity index (χ3v) is 10.7. The van der Waals surface area contributed by atoms with Crippen LogP contribution in [0, 0.1) is 24.6 Å². The van der Waals surface area contributed by atoms with Crippen molar-refractivity contribution in [3.8, 4) is 5.88 Å². The Labute approximate surface area is 327 Å². The zero-order valence-corrected chi connectivity index (χ0v) is 33.5. The van der Waals surface area contributed by atoms with E-state index in [1.54, 1.807) is 34.3 Å². The number of rotatable bonds is 6. The predicted octanol–water partition coefficient (Wildman–Crippen LogP) is 6.41. The first-order valence-electron chi connectivity index (χ1n) is 19.5. The molecule has 7 rings (SSSR count). The van der Waals surface area contributed by atoms with Crippen molar-refractivity contribution >= 4 is 41.1 Å². The van der Waals surface area contributed by atoms with E-state index >= 15 is 4.39 Å². The van der Waals surface area contributed by atoms with E-state index in [0.29, 0.717) is 99.4 Å². The Morgan fingerprint density at radius 1 is 0.911 bits per heavy atom. The monoisotopic (exact) mass is 772 g/mol. The summed E-state index contributed by atoms with van der Waals surface area (Å²) >= 11 is 0. The van der Waals surface area contributed by atoms with E-state index in [1.807, 2.05) is 53.4 Å². The Morgan fingerprint density at radius 2 is 1.62 bits per heavy atom. The molecule has 3 amide bonds. The summed E-state index contributed by atoms with van der Waals surface area (Å²) in [5.74, 6) is 1.03. The largest absolute Gasteiger partial charge is 0.474 e. The normalized spacial score (nSPS) is 17.7. The van der Waals surface area contributed by atoms with Gasteiger partial charge in [0, 0.05) is 50.2 Å². The number of hydrogen-bond acceptors (Lipinski definition) is 11. The van der Waals surface area contributed by atoms with Crippen LogP contribution in [0.1, 0.15) is 76.8 Å². The van der Waals surface area contributed by atoms with Gasteiger partial charge in [0.2, 0.25) is 17.7 Å². The molecule has 0 spiro atoms. The number of fused-ring (bicyclic) bond motifs is 2. The number of piperidine rings is 1. The van der Waals surface area contributed by atoms with Crippen molar-refractivity contribution < 1.29 is 33.0 Å². The molecule has 6 heterocycles. The molecular weight excluding hydrogens is 719 g/mol. The molecule has 300 valence electrons. The summed E-state index contributed by atoms with van der Waals surface area (Å²) in [5, 5.41) is 3.13. The molecule has 15 heteroatoms. The number of carbonyl (C=O) groups excluding carboxylic acids is 3. The smallest absolute Gasteiger partial charge is 0.415 e. The van der Waals surface area contributed by atoms with Gasteiger partial charge in [0.05, 0.1) is 37.1 Å². The fraction of sp³-hybridized carbons (Fsp3) is 0.561. The van der Waals surface area contributed by atoms with Crippen LogP contribution in [-0.2, 0) is 33.7 Å². The van der Waals surface area contributed by atoms with Crippen LogP contribution >= 0.6 is 0 Å². The van der Waals surface area contributed by atoms with Crippen molar-refractivity contribution in [3.05, 3.63) is 58.8 Å². The molecule has 4 aliphatic rings. The summed E-state index contributed by atoms with van der Waals surface area (Å²) in [4.78, 5) is 59.9. The number of ether oxygens (including phenoxy) is 3. The molecule has 0 unspecified atom stereocenters. The molecule has 1 N–H and O–H groups in total. The van der Waals surface area contributed by atoms with Gasteiger partial charge < -0.3 is 34.2 Å². The fourth-order valence-corrected chi connectivity index (χ4v) is 7.79. The summed E-state index contributed by atoms with van der Waals surface area (Å²) in [6, 6.07) is 4.75. The van der Waals surface area contributed by atoms with Gasteiger partial charge in [0.1, 0.15) is 29.3 Å². The molecule has 0 aliphatic carbocycles. The molecule has 2 fully saturated rings. The van der Waals surface area contributed by atoms with Crippen LogP contribution in [0.5, 0.6) is 5.88 Å². The van der Waals surface area contributed by atoms with Gasteiger partial charge in [-0.15, -0.1) is 0 Å². The minimum absolute atomic E-state index is 0.0174. The van der Waals surface area contributed by atoms with Crippen molar-refractivity contribution in [2.24, 2.45) is 11.8 Å². The standard InChI is InChI=1S/C41H53FN8O6/c1-25-33(21-43-36-35(25)50(16-17-54-36)39(53)56-41(5,6)7)48-15-12-28-20-44-37(46-32(28)24-48)45-30-9-8-27(31(42)19-30)18-34(51)47-13-10-26(11-14-47)29-22-49(23-29)38(52)55-40(2,3)4/h8-9,19-21,26,29H,10-18,22-24H2,1-7H3,(H,44,45,46). The lowest BCUT2D eigenvalue weighted by molar-refractivity contribution is -0.132. The molecule has 0 saturated carbocycles. The maximum atomic E-state index is 15.4. The van der Waals surface area contributed by atoms with Crippen LogP contribution in [0.2, 0.25) is 0 Å². The Hall–Kier alpha value is -5.21. The van der Waals surface area contributed by atoms with Gasteiger partial charge in [-0.3, -0.25) is 9.69 Å². The van der Waals surface area contributed by atoms with Gasteiger partial charge in [-0.25, -0.2) is 28.9 Å². The fourth-order valence-electron chi connectivity index (χ4n) is 7.79. The van der Waals surface area contributed by atoms with Crippen molar-refractivity contribution in [2.75, 3.05) is 61.0 Å². The van der Waals surface area contributed by atoms with Crippen molar-refractivity contribution in [2.45, 2.75) is 91.9 Å². The second-order valence-electron chi connectivity index (χ2n) is 17.2. The van der Waals surface area contributed by atoms with Crippen molar-refractivity contribution in [1.82, 2.24) is 24.8 Å². The predicted molar refractivity (Wildman–Crippen MR) is 209 cm³/mol. The van der Waals surface area contributed by atoms with Gasteiger partial charge >= 0.3 is 12.2 Å². The molecule has 0 atom stereocenters. The first-order valence-corrected chi connectivity index (χ1v) is 19.5. The van der Waals surface area contributed by atoms with Crippen molar-refractivity contribution in [1.29, 1.82) is 0 Å². The second-order valence-corrected chi connectivity index (χ2v) is 17.2. The molecule has 2 aromatic heterocycles. The Balaban J connectivity index is 0.938. The first-order chi connectivity index (χ1) is 26.5. The van der Waals surface area contributed by atoms with E-state index in [9.17, 15) is 14.4 Å². The molecule has 56 heavy (non-hydrogen) atoms. The van der Waals surface area contributed by atoms with E-state index in [-0.39, 0.29) is 18.4 Å². The van der Waals surface area contributed by atoms with Crippen LogP contribution in [0.4, 0.5) is 37.0 Å². The number of carbonyl (C=O) groups is 3. The van der Waals surface area contributed by atoms with E-state index < -0.39 is 23.1 Å². The molecule has 4 aliphatic heterocycles. The molecule has 0 bridgehead atoms. The number of anilines is 4. The number of pyridine rings is 1. The van der Waals surface area contributed by atoms with Crippen molar-refractivity contribution in [3.63, 3.8) is 0 Å². The highest BCUT2D eigenvalue weighted by molar-refractivity contribution is 5.92. The third kappa shape index (κ3) is 8.76. The average molecular weight is 773 g/mol. The highest BCUT2D eigenvalue weighted by Crippen LogP contribution is 2.40. The Kier molecular flexibility index (Phi) is 10.7. The maximum Gasteiger partial charge on any atom is 0.415 e. The van der Waals surface area contributed by atoms with E-state index in [0.717, 1.165) is 35.3 Å². The van der Waals surface area contributed by atoms with Crippen LogP contribution in [0.25, 0.3) is 0 Å². The van der Waals surface area contributed by atoms with Gasteiger partial charge in [0.25, 0.3) is 0 Å². The number of nitrogens with one attached hydrogen (secondary N) is 1. The number of aromatic nitrogens is 3. The van der Waals surface area contributed by atoms with Crippen LogP contribution < -0.4 is 19.9 Å². The Morgan fingerprint density at radius 3 is 2.32 bits per heavy atom. The zero-order valence-electron chi connectivity index (χ0n) is 33.5. The van der Waals surface area contributed by atoms with Crippen LogP contribution in [0.3, 0.4) is 0 Å². The average Bonchev–Trinajstić information content (AvgIpc) is 3.10. The second kappa shape index (κ2) is 15.4.